The Bertz CT molecular complexity index is 913. The highest BCUT2D eigenvalue weighted by molar-refractivity contribution is 8.13. The molecular weight excluding hydrogens is 312 g/mol. The molecular formula is C15H9ClO4S. The highest BCUT2D eigenvalue weighted by Gasteiger charge is 2.30. The molecule has 21 heavy (non-hydrogen) atoms. The van der Waals surface area contributed by atoms with Crippen molar-refractivity contribution in [2.45, 2.75) is 11.8 Å². The molecule has 0 bridgehead atoms. The van der Waals surface area contributed by atoms with Crippen LogP contribution in [0.4, 0.5) is 0 Å². The molecule has 2 aromatic carbocycles. The van der Waals surface area contributed by atoms with E-state index in [-0.39, 0.29) is 33.2 Å². The molecule has 0 saturated carbocycles. The van der Waals surface area contributed by atoms with E-state index in [4.69, 9.17) is 10.7 Å². The number of rotatable bonds is 1. The number of ketones is 2. The number of hydrogen-bond donors (Lipinski definition) is 0. The molecule has 4 nitrogen and oxygen atoms in total. The third kappa shape index (κ3) is 2.18. The maximum absolute atomic E-state index is 12.5. The number of fused-ring (bicyclic) bond motifs is 2. The first-order chi connectivity index (χ1) is 9.79. The summed E-state index contributed by atoms with van der Waals surface area (Å²) in [7, 11) is 1.33. The Balaban J connectivity index is 2.28. The summed E-state index contributed by atoms with van der Waals surface area (Å²) in [6.45, 7) is 1.83. The molecule has 0 amide bonds. The van der Waals surface area contributed by atoms with Crippen LogP contribution < -0.4 is 0 Å². The van der Waals surface area contributed by atoms with E-state index in [2.05, 4.69) is 0 Å². The first kappa shape index (κ1) is 14.0. The van der Waals surface area contributed by atoms with E-state index in [1.807, 2.05) is 6.92 Å². The molecule has 106 valence electrons. The van der Waals surface area contributed by atoms with Crippen molar-refractivity contribution in [2.75, 3.05) is 0 Å². The van der Waals surface area contributed by atoms with Gasteiger partial charge < -0.3 is 0 Å². The summed E-state index contributed by atoms with van der Waals surface area (Å²) in [5.74, 6) is -0.663. The van der Waals surface area contributed by atoms with Gasteiger partial charge in [0.15, 0.2) is 11.6 Å². The van der Waals surface area contributed by atoms with Gasteiger partial charge in [-0.25, -0.2) is 8.42 Å². The Morgan fingerprint density at radius 2 is 1.33 bits per heavy atom. The summed E-state index contributed by atoms with van der Waals surface area (Å²) < 4.78 is 22.7. The number of carbonyl (C=O) groups is 2. The molecule has 0 aliphatic heterocycles. The average Bonchev–Trinajstić information content (AvgIpc) is 2.43. The molecule has 0 atom stereocenters. The Morgan fingerprint density at radius 3 is 1.90 bits per heavy atom. The Hall–Kier alpha value is -1.98. The van der Waals surface area contributed by atoms with Crippen molar-refractivity contribution in [3.05, 3.63) is 64.2 Å². The summed E-state index contributed by atoms with van der Waals surface area (Å²) in [5, 5.41) is 0. The molecule has 1 aliphatic carbocycles. The molecule has 0 aromatic heterocycles. The quantitative estimate of drug-likeness (QED) is 0.646. The molecule has 0 spiro atoms. The van der Waals surface area contributed by atoms with Crippen LogP contribution in [0.25, 0.3) is 0 Å². The molecule has 0 radical (unpaired) electrons. The van der Waals surface area contributed by atoms with Gasteiger partial charge in [0.25, 0.3) is 9.05 Å². The second-order valence-corrected chi connectivity index (χ2v) is 7.42. The lowest BCUT2D eigenvalue weighted by atomic mass is 9.83. The van der Waals surface area contributed by atoms with Crippen molar-refractivity contribution < 1.29 is 18.0 Å². The van der Waals surface area contributed by atoms with Gasteiger partial charge in [0.05, 0.1) is 4.90 Å². The summed E-state index contributed by atoms with van der Waals surface area (Å²) in [5.41, 5.74) is 1.76. The first-order valence-corrected chi connectivity index (χ1v) is 8.39. The first-order valence-electron chi connectivity index (χ1n) is 6.08. The SMILES string of the molecule is Cc1ccc2c(c1)C(=O)c1ccc(S(=O)(=O)Cl)cc1C2=O. The van der Waals surface area contributed by atoms with Crippen LogP contribution in [0, 0.1) is 6.92 Å². The molecule has 0 heterocycles. The average molecular weight is 321 g/mol. The molecule has 0 unspecified atom stereocenters. The summed E-state index contributed by atoms with van der Waals surface area (Å²) >= 11 is 0. The summed E-state index contributed by atoms with van der Waals surface area (Å²) in [6, 6.07) is 8.68. The van der Waals surface area contributed by atoms with E-state index in [0.29, 0.717) is 5.56 Å². The normalized spacial score (nSPS) is 13.8. The van der Waals surface area contributed by atoms with Crippen LogP contribution in [0.15, 0.2) is 41.3 Å². The van der Waals surface area contributed by atoms with Gasteiger partial charge in [-0.1, -0.05) is 17.7 Å². The zero-order valence-corrected chi connectivity index (χ0v) is 12.5. The van der Waals surface area contributed by atoms with Crippen LogP contribution >= 0.6 is 10.7 Å². The van der Waals surface area contributed by atoms with Crippen molar-refractivity contribution in [1.29, 1.82) is 0 Å². The highest BCUT2D eigenvalue weighted by Crippen LogP contribution is 2.30. The second-order valence-electron chi connectivity index (χ2n) is 4.85. The maximum Gasteiger partial charge on any atom is 0.261 e. The second kappa shape index (κ2) is 4.51. The van der Waals surface area contributed by atoms with E-state index in [1.54, 1.807) is 18.2 Å². The van der Waals surface area contributed by atoms with E-state index >= 15 is 0 Å². The van der Waals surface area contributed by atoms with Gasteiger partial charge in [-0.15, -0.1) is 0 Å². The monoisotopic (exact) mass is 320 g/mol. The molecule has 1 aliphatic rings. The number of benzene rings is 2. The Kier molecular flexibility index (Phi) is 3.00. The molecule has 0 N–H and O–H groups in total. The minimum absolute atomic E-state index is 0.0677. The van der Waals surface area contributed by atoms with Crippen molar-refractivity contribution in [3.63, 3.8) is 0 Å². The van der Waals surface area contributed by atoms with Gasteiger partial charge in [0.2, 0.25) is 0 Å². The van der Waals surface area contributed by atoms with Gasteiger partial charge in [-0.05, 0) is 31.2 Å². The van der Waals surface area contributed by atoms with Crippen molar-refractivity contribution >= 4 is 31.3 Å². The number of hydrogen-bond acceptors (Lipinski definition) is 4. The topological polar surface area (TPSA) is 68.3 Å². The van der Waals surface area contributed by atoms with Gasteiger partial charge in [0, 0.05) is 32.9 Å². The molecule has 0 saturated heterocycles. The summed E-state index contributed by atoms with van der Waals surface area (Å²) in [4.78, 5) is 24.7. The third-order valence-corrected chi connectivity index (χ3v) is 4.78. The Morgan fingerprint density at radius 1 is 0.810 bits per heavy atom. The smallest absolute Gasteiger partial charge is 0.261 e. The van der Waals surface area contributed by atoms with E-state index in [9.17, 15) is 18.0 Å². The van der Waals surface area contributed by atoms with Crippen LogP contribution in [0.5, 0.6) is 0 Å². The zero-order valence-electron chi connectivity index (χ0n) is 10.9. The van der Waals surface area contributed by atoms with Crippen LogP contribution in [-0.4, -0.2) is 20.0 Å². The molecule has 6 heteroatoms. The predicted molar refractivity (Wildman–Crippen MR) is 77.5 cm³/mol. The largest absolute Gasteiger partial charge is 0.289 e. The van der Waals surface area contributed by atoms with Crippen molar-refractivity contribution in [1.82, 2.24) is 0 Å². The van der Waals surface area contributed by atoms with Crippen LogP contribution in [0.3, 0.4) is 0 Å². The number of aryl methyl sites for hydroxylation is 1. The van der Waals surface area contributed by atoms with Crippen molar-refractivity contribution in [2.24, 2.45) is 0 Å². The van der Waals surface area contributed by atoms with Gasteiger partial charge in [0.1, 0.15) is 0 Å². The Labute approximate surface area is 125 Å². The van der Waals surface area contributed by atoms with Crippen molar-refractivity contribution in [3.8, 4) is 0 Å². The molecule has 3 rings (SSSR count). The van der Waals surface area contributed by atoms with Gasteiger partial charge in [-0.3, -0.25) is 9.59 Å². The lowest BCUT2D eigenvalue weighted by Crippen LogP contribution is -2.21. The van der Waals surface area contributed by atoms with Crippen LogP contribution in [0.2, 0.25) is 0 Å². The van der Waals surface area contributed by atoms with Gasteiger partial charge in [-0.2, -0.15) is 0 Å². The summed E-state index contributed by atoms with van der Waals surface area (Å²) in [6.07, 6.45) is 0. The lowest BCUT2D eigenvalue weighted by Gasteiger charge is -2.18. The fraction of sp³-hybridized carbons (Fsp3) is 0.0667. The minimum Gasteiger partial charge on any atom is -0.289 e. The van der Waals surface area contributed by atoms with Gasteiger partial charge >= 0.3 is 0 Å². The fourth-order valence-electron chi connectivity index (χ4n) is 2.40. The minimum atomic E-state index is -3.95. The standard InChI is InChI=1S/C15H9ClO4S/c1-8-2-4-10-12(6-8)14(17)11-5-3-9(21(16,19)20)7-13(11)15(10)18/h2-7H,1H3. The molecule has 0 fully saturated rings. The molecule has 2 aromatic rings. The van der Waals surface area contributed by atoms with Crippen LogP contribution in [-0.2, 0) is 9.05 Å². The zero-order chi connectivity index (χ0) is 15.4. The third-order valence-electron chi connectivity index (χ3n) is 3.43. The predicted octanol–water partition coefficient (Wildman–Crippen LogP) is 2.70. The maximum atomic E-state index is 12.5. The number of halogens is 1. The van der Waals surface area contributed by atoms with E-state index in [0.717, 1.165) is 11.6 Å². The fourth-order valence-corrected chi connectivity index (χ4v) is 3.17. The lowest BCUT2D eigenvalue weighted by molar-refractivity contribution is 0.0979. The van der Waals surface area contributed by atoms with Crippen LogP contribution in [0.1, 0.15) is 37.4 Å². The number of carbonyl (C=O) groups excluding carboxylic acids is 2. The van der Waals surface area contributed by atoms with E-state index in [1.165, 1.54) is 12.1 Å². The van der Waals surface area contributed by atoms with E-state index < -0.39 is 9.05 Å². The highest BCUT2D eigenvalue weighted by atomic mass is 35.7.